The van der Waals surface area contributed by atoms with Gasteiger partial charge in [-0.2, -0.15) is 0 Å². The van der Waals surface area contributed by atoms with Crippen molar-refractivity contribution in [1.82, 2.24) is 0 Å². The lowest BCUT2D eigenvalue weighted by Crippen LogP contribution is -2.38. The molecule has 0 fully saturated rings. The summed E-state index contributed by atoms with van der Waals surface area (Å²) >= 11 is 0. The first kappa shape index (κ1) is 26.9. The molecular weight excluding hydrogens is 422 g/mol. The molecule has 1 rings (SSSR count). The minimum absolute atomic E-state index is 0.0230. The van der Waals surface area contributed by atoms with Crippen LogP contribution < -0.4 is 15.2 Å². The summed E-state index contributed by atoms with van der Waals surface area (Å²) in [7, 11) is 0. The normalized spacial score (nSPS) is 13.6. The van der Waals surface area contributed by atoms with Crippen molar-refractivity contribution in [3.05, 3.63) is 23.8 Å². The second kappa shape index (κ2) is 12.7. The van der Waals surface area contributed by atoms with Crippen LogP contribution in [0.3, 0.4) is 0 Å². The van der Waals surface area contributed by atoms with Crippen LogP contribution in [-0.4, -0.2) is 47.4 Å². The summed E-state index contributed by atoms with van der Waals surface area (Å²) < 4.78 is 20.6. The first-order valence-corrected chi connectivity index (χ1v) is 10.4. The van der Waals surface area contributed by atoms with Gasteiger partial charge >= 0.3 is 24.1 Å². The number of carboxylic acid groups (broad SMARTS) is 1. The number of carbonyl (C=O) groups excluding carboxylic acids is 3. The molecule has 0 aromatic heterocycles. The highest BCUT2D eigenvalue weighted by Crippen LogP contribution is 2.35. The number of esters is 2. The van der Waals surface area contributed by atoms with E-state index in [4.69, 9.17) is 24.7 Å². The summed E-state index contributed by atoms with van der Waals surface area (Å²) in [5.74, 6) is -3.19. The maximum absolute atomic E-state index is 11.8. The molecule has 0 spiro atoms. The van der Waals surface area contributed by atoms with Gasteiger partial charge in [0.25, 0.3) is 0 Å². The van der Waals surface area contributed by atoms with Crippen LogP contribution in [0.1, 0.15) is 65.4 Å². The monoisotopic (exact) mass is 453 g/mol. The number of ether oxygens (including phenoxy) is 4. The first-order chi connectivity index (χ1) is 15.0. The zero-order valence-electron chi connectivity index (χ0n) is 19.0. The number of hydrogen-bond donors (Lipinski definition) is 2. The van der Waals surface area contributed by atoms with Crippen LogP contribution >= 0.6 is 0 Å². The fourth-order valence-corrected chi connectivity index (χ4v) is 2.76. The highest BCUT2D eigenvalue weighted by Gasteiger charge is 2.30. The van der Waals surface area contributed by atoms with Crippen molar-refractivity contribution in [2.75, 3.05) is 0 Å². The van der Waals surface area contributed by atoms with Gasteiger partial charge in [0, 0.05) is 18.8 Å². The molecule has 32 heavy (non-hydrogen) atoms. The van der Waals surface area contributed by atoms with E-state index in [1.54, 1.807) is 34.6 Å². The molecule has 10 heteroatoms. The molecular formula is C22H31NO9. The number of carboxylic acids is 1. The molecule has 1 aromatic rings. The molecule has 1 aromatic carbocycles. The Morgan fingerprint density at radius 2 is 1.50 bits per heavy atom. The van der Waals surface area contributed by atoms with Crippen molar-refractivity contribution in [3.8, 4) is 11.5 Å². The summed E-state index contributed by atoms with van der Waals surface area (Å²) in [4.78, 5) is 46.9. The number of rotatable bonds is 11. The average molecular weight is 453 g/mol. The largest absolute Gasteiger partial charge is 0.508 e. The molecule has 10 nitrogen and oxygen atoms in total. The Bertz CT molecular complexity index is 822. The van der Waals surface area contributed by atoms with Gasteiger partial charge in [-0.3, -0.25) is 14.4 Å². The van der Waals surface area contributed by atoms with Gasteiger partial charge in [0.1, 0.15) is 12.1 Å². The SMILES string of the molecule is CCC(=O)Oc1ccc(C(CC(C)OC(=O)OC(C)C)[C@H](N)C(=O)O)cc1OC(=O)CC. The van der Waals surface area contributed by atoms with E-state index in [1.165, 1.54) is 18.2 Å². The maximum Gasteiger partial charge on any atom is 0.508 e. The van der Waals surface area contributed by atoms with Crippen LogP contribution in [0.15, 0.2) is 18.2 Å². The zero-order chi connectivity index (χ0) is 24.4. The van der Waals surface area contributed by atoms with Gasteiger partial charge in [0.15, 0.2) is 11.5 Å². The smallest absolute Gasteiger partial charge is 0.480 e. The Morgan fingerprint density at radius 1 is 0.938 bits per heavy atom. The topological polar surface area (TPSA) is 151 Å². The van der Waals surface area contributed by atoms with Gasteiger partial charge in [-0.25, -0.2) is 4.79 Å². The van der Waals surface area contributed by atoms with Crippen molar-refractivity contribution in [3.63, 3.8) is 0 Å². The molecule has 0 aliphatic heterocycles. The lowest BCUT2D eigenvalue weighted by molar-refractivity contribution is -0.139. The summed E-state index contributed by atoms with van der Waals surface area (Å²) in [6, 6.07) is 2.98. The number of hydrogen-bond acceptors (Lipinski definition) is 9. The van der Waals surface area contributed by atoms with Crippen LogP contribution in [0.5, 0.6) is 11.5 Å². The fraction of sp³-hybridized carbons (Fsp3) is 0.545. The highest BCUT2D eigenvalue weighted by molar-refractivity contribution is 5.77. The van der Waals surface area contributed by atoms with E-state index in [9.17, 15) is 24.3 Å². The summed E-state index contributed by atoms with van der Waals surface area (Å²) in [6.07, 6.45) is -1.75. The van der Waals surface area contributed by atoms with Crippen molar-refractivity contribution in [1.29, 1.82) is 0 Å². The molecule has 0 aliphatic rings. The van der Waals surface area contributed by atoms with Crippen LogP contribution in [0.4, 0.5) is 4.79 Å². The number of carbonyl (C=O) groups is 4. The molecule has 0 saturated carbocycles. The molecule has 178 valence electrons. The van der Waals surface area contributed by atoms with E-state index in [2.05, 4.69) is 0 Å². The predicted octanol–water partition coefficient (Wildman–Crippen LogP) is 3.15. The number of nitrogens with two attached hydrogens (primary N) is 1. The van der Waals surface area contributed by atoms with Crippen LogP contribution in [0.2, 0.25) is 0 Å². The van der Waals surface area contributed by atoms with Gasteiger partial charge in [-0.1, -0.05) is 19.9 Å². The van der Waals surface area contributed by atoms with E-state index >= 15 is 0 Å². The van der Waals surface area contributed by atoms with Gasteiger partial charge in [0.05, 0.1) is 6.10 Å². The number of benzene rings is 1. The third-order valence-corrected chi connectivity index (χ3v) is 4.35. The third-order valence-electron chi connectivity index (χ3n) is 4.35. The maximum atomic E-state index is 11.8. The molecule has 0 amide bonds. The second-order valence-corrected chi connectivity index (χ2v) is 7.41. The Morgan fingerprint density at radius 3 is 2.00 bits per heavy atom. The quantitative estimate of drug-likeness (QED) is 0.377. The van der Waals surface area contributed by atoms with Crippen LogP contribution in [-0.2, 0) is 23.9 Å². The van der Waals surface area contributed by atoms with Crippen LogP contribution in [0.25, 0.3) is 0 Å². The van der Waals surface area contributed by atoms with E-state index in [1.807, 2.05) is 0 Å². The lowest BCUT2D eigenvalue weighted by Gasteiger charge is -2.25. The second-order valence-electron chi connectivity index (χ2n) is 7.41. The molecule has 0 radical (unpaired) electrons. The van der Waals surface area contributed by atoms with Crippen molar-refractivity contribution in [2.45, 2.75) is 78.0 Å². The van der Waals surface area contributed by atoms with E-state index in [0.717, 1.165) is 0 Å². The molecule has 0 bridgehead atoms. The lowest BCUT2D eigenvalue weighted by atomic mass is 9.87. The average Bonchev–Trinajstić information content (AvgIpc) is 2.71. The van der Waals surface area contributed by atoms with Gasteiger partial charge in [-0.15, -0.1) is 0 Å². The third kappa shape index (κ3) is 8.54. The van der Waals surface area contributed by atoms with Crippen molar-refractivity contribution >= 4 is 24.1 Å². The Kier molecular flexibility index (Phi) is 10.6. The summed E-state index contributed by atoms with van der Waals surface area (Å²) in [6.45, 7) is 8.13. The standard InChI is InChI=1S/C22H31NO9/c1-6-18(24)31-16-9-8-14(11-17(16)32-19(25)7-2)15(20(23)21(26)27)10-13(5)30-22(28)29-12(3)4/h8-9,11-13,15,20H,6-7,10,23H2,1-5H3,(H,26,27)/t13?,15?,20-/m0/s1. The Labute approximate surface area is 187 Å². The Hall–Kier alpha value is -3.14. The Balaban J connectivity index is 3.26. The fourth-order valence-electron chi connectivity index (χ4n) is 2.76. The van der Waals surface area contributed by atoms with E-state index in [-0.39, 0.29) is 36.9 Å². The molecule has 0 aliphatic carbocycles. The van der Waals surface area contributed by atoms with Gasteiger partial charge in [-0.05, 0) is 44.9 Å². The van der Waals surface area contributed by atoms with Gasteiger partial charge in [0.2, 0.25) is 0 Å². The molecule has 0 saturated heterocycles. The zero-order valence-corrected chi connectivity index (χ0v) is 19.0. The van der Waals surface area contributed by atoms with E-state index in [0.29, 0.717) is 5.56 Å². The molecule has 0 heterocycles. The van der Waals surface area contributed by atoms with E-state index < -0.39 is 42.1 Å². The summed E-state index contributed by atoms with van der Waals surface area (Å²) in [5.41, 5.74) is 6.31. The predicted molar refractivity (Wildman–Crippen MR) is 113 cm³/mol. The minimum atomic E-state index is -1.35. The molecule has 3 N–H and O–H groups in total. The molecule has 2 unspecified atom stereocenters. The van der Waals surface area contributed by atoms with Crippen molar-refractivity contribution < 1.29 is 43.2 Å². The minimum Gasteiger partial charge on any atom is -0.480 e. The summed E-state index contributed by atoms with van der Waals surface area (Å²) in [5, 5.41) is 9.47. The number of aliphatic carboxylic acids is 1. The molecule has 3 atom stereocenters. The highest BCUT2D eigenvalue weighted by atomic mass is 16.7. The first-order valence-electron chi connectivity index (χ1n) is 10.4. The van der Waals surface area contributed by atoms with Gasteiger partial charge < -0.3 is 29.8 Å². The van der Waals surface area contributed by atoms with Crippen molar-refractivity contribution in [2.24, 2.45) is 5.73 Å². The van der Waals surface area contributed by atoms with Crippen LogP contribution in [0, 0.1) is 0 Å².